The van der Waals surface area contributed by atoms with Gasteiger partial charge in [-0.25, -0.2) is 13.4 Å². The number of anilines is 1. The normalized spacial score (nSPS) is 16.4. The van der Waals surface area contributed by atoms with E-state index < -0.39 is 22.0 Å². The van der Waals surface area contributed by atoms with Crippen LogP contribution in [-0.4, -0.2) is 36.4 Å². The molecule has 1 atom stereocenters. The molecule has 0 aliphatic carbocycles. The molecule has 1 aromatic heterocycles. The Labute approximate surface area is 173 Å². The molecule has 154 valence electrons. The highest BCUT2D eigenvalue weighted by Gasteiger charge is 2.36. The molecule has 0 fully saturated rings. The van der Waals surface area contributed by atoms with Crippen LogP contribution in [0.25, 0.3) is 0 Å². The van der Waals surface area contributed by atoms with E-state index >= 15 is 0 Å². The number of hydrazone groups is 1. The molecule has 2 heterocycles. The molecule has 8 nitrogen and oxygen atoms in total. The number of benzene rings is 2. The van der Waals surface area contributed by atoms with E-state index in [0.29, 0.717) is 23.4 Å². The van der Waals surface area contributed by atoms with Gasteiger partial charge in [0.15, 0.2) is 5.76 Å². The smallest absolute Gasteiger partial charge is 0.310 e. The number of rotatable bonds is 5. The number of nitrogens with zero attached hydrogens (tertiary/aromatic N) is 2. The van der Waals surface area contributed by atoms with E-state index in [-0.39, 0.29) is 11.5 Å². The summed E-state index contributed by atoms with van der Waals surface area (Å²) in [7, 11) is -3.38. The van der Waals surface area contributed by atoms with Gasteiger partial charge in [-0.2, -0.15) is 5.10 Å². The lowest BCUT2D eigenvalue weighted by Crippen LogP contribution is -2.26. The van der Waals surface area contributed by atoms with Crippen LogP contribution in [0.3, 0.4) is 0 Å². The van der Waals surface area contributed by atoms with Crippen molar-refractivity contribution in [3.63, 3.8) is 0 Å². The summed E-state index contributed by atoms with van der Waals surface area (Å²) in [5.74, 6) is -0.198. The minimum Gasteiger partial charge on any atom is -0.508 e. The summed E-state index contributed by atoms with van der Waals surface area (Å²) in [5.41, 5.74) is 2.38. The van der Waals surface area contributed by atoms with Crippen LogP contribution < -0.4 is 4.72 Å². The first-order chi connectivity index (χ1) is 14.3. The Bertz CT molecular complexity index is 1200. The summed E-state index contributed by atoms with van der Waals surface area (Å²) >= 11 is 0. The molecule has 1 amide bonds. The van der Waals surface area contributed by atoms with Crippen molar-refractivity contribution < 1.29 is 22.7 Å². The third-order valence-electron chi connectivity index (χ3n) is 4.67. The molecule has 0 radical (unpaired) electrons. The molecule has 0 spiro atoms. The highest BCUT2D eigenvalue weighted by Crippen LogP contribution is 2.37. The lowest BCUT2D eigenvalue weighted by molar-refractivity contribution is 0.0677. The average molecular weight is 425 g/mol. The van der Waals surface area contributed by atoms with E-state index in [2.05, 4.69) is 9.82 Å². The molecule has 0 saturated carbocycles. The van der Waals surface area contributed by atoms with Crippen LogP contribution in [0.2, 0.25) is 0 Å². The van der Waals surface area contributed by atoms with E-state index in [1.165, 1.54) is 11.3 Å². The summed E-state index contributed by atoms with van der Waals surface area (Å²) in [6.45, 7) is 0. The third kappa shape index (κ3) is 4.06. The van der Waals surface area contributed by atoms with Gasteiger partial charge in [-0.1, -0.05) is 30.3 Å². The molecule has 9 heteroatoms. The maximum absolute atomic E-state index is 13.0. The first kappa shape index (κ1) is 19.7. The second-order valence-corrected chi connectivity index (χ2v) is 8.65. The van der Waals surface area contributed by atoms with Crippen molar-refractivity contribution in [2.24, 2.45) is 5.10 Å². The maximum Gasteiger partial charge on any atom is 0.310 e. The predicted molar refractivity (Wildman–Crippen MR) is 112 cm³/mol. The molecule has 4 rings (SSSR count). The van der Waals surface area contributed by atoms with Crippen molar-refractivity contribution in [2.45, 2.75) is 12.5 Å². The van der Waals surface area contributed by atoms with Crippen molar-refractivity contribution in [3.8, 4) is 5.75 Å². The summed E-state index contributed by atoms with van der Waals surface area (Å²) in [6, 6.07) is 16.2. The monoisotopic (exact) mass is 425 g/mol. The fraction of sp³-hybridized carbons (Fsp3) is 0.143. The zero-order valence-electron chi connectivity index (χ0n) is 16.0. The molecular weight excluding hydrogens is 406 g/mol. The lowest BCUT2D eigenvalue weighted by atomic mass is 9.97. The van der Waals surface area contributed by atoms with Crippen LogP contribution in [0.1, 0.15) is 34.1 Å². The van der Waals surface area contributed by atoms with Crippen molar-refractivity contribution >= 4 is 27.3 Å². The van der Waals surface area contributed by atoms with Crippen molar-refractivity contribution in [3.05, 3.63) is 83.8 Å². The number of nitrogens with one attached hydrogen (secondary N) is 1. The quantitative estimate of drug-likeness (QED) is 0.651. The summed E-state index contributed by atoms with van der Waals surface area (Å²) in [4.78, 5) is 13.0. The largest absolute Gasteiger partial charge is 0.508 e. The van der Waals surface area contributed by atoms with Gasteiger partial charge in [0.1, 0.15) is 5.75 Å². The van der Waals surface area contributed by atoms with Crippen molar-refractivity contribution in [1.82, 2.24) is 5.01 Å². The third-order valence-corrected chi connectivity index (χ3v) is 5.27. The number of furan rings is 1. The van der Waals surface area contributed by atoms with E-state index in [1.54, 1.807) is 60.7 Å². The van der Waals surface area contributed by atoms with Crippen molar-refractivity contribution in [2.75, 3.05) is 11.0 Å². The molecule has 1 aliphatic heterocycles. The van der Waals surface area contributed by atoms with Gasteiger partial charge in [0.2, 0.25) is 10.0 Å². The summed E-state index contributed by atoms with van der Waals surface area (Å²) in [6.07, 6.45) is 2.87. The number of aromatic hydroxyl groups is 1. The van der Waals surface area contributed by atoms with E-state index in [0.717, 1.165) is 11.8 Å². The number of phenols is 1. The second-order valence-electron chi connectivity index (χ2n) is 6.90. The van der Waals surface area contributed by atoms with Gasteiger partial charge in [0.05, 0.1) is 24.3 Å². The van der Waals surface area contributed by atoms with Gasteiger partial charge in [0.25, 0.3) is 0 Å². The molecule has 2 N–H and O–H groups in total. The second kappa shape index (κ2) is 7.68. The standard InChI is InChI=1S/C21H19N3O5S/c1-30(27,28)23-15-10-8-14(9-11-15)17-13-18(16-5-2-3-6-19(16)25)24(22-17)21(26)20-7-4-12-29-20/h2-12,18,23,25H,13H2,1H3. The van der Waals surface area contributed by atoms with E-state index in [4.69, 9.17) is 4.42 Å². The number of carbonyl (C=O) groups excluding carboxylic acids is 1. The lowest BCUT2D eigenvalue weighted by Gasteiger charge is -2.21. The van der Waals surface area contributed by atoms with Crippen LogP contribution in [0, 0.1) is 0 Å². The molecule has 1 aliphatic rings. The Balaban J connectivity index is 1.68. The van der Waals surface area contributed by atoms with E-state index in [1.807, 2.05) is 0 Å². The Morgan fingerprint density at radius 1 is 1.13 bits per heavy atom. The number of carbonyl (C=O) groups is 1. The van der Waals surface area contributed by atoms with Gasteiger partial charge < -0.3 is 9.52 Å². The number of phenolic OH excluding ortho intramolecular Hbond substituents is 1. The molecule has 3 aromatic rings. The highest BCUT2D eigenvalue weighted by molar-refractivity contribution is 7.92. The fourth-order valence-electron chi connectivity index (χ4n) is 3.34. The Kier molecular flexibility index (Phi) is 5.04. The van der Waals surface area contributed by atoms with Gasteiger partial charge >= 0.3 is 5.91 Å². The molecule has 0 saturated heterocycles. The van der Waals surface area contributed by atoms with Gasteiger partial charge in [0, 0.05) is 17.7 Å². The number of para-hydroxylation sites is 1. The van der Waals surface area contributed by atoms with Gasteiger partial charge in [-0.15, -0.1) is 0 Å². The average Bonchev–Trinajstić information content (AvgIpc) is 3.38. The molecule has 0 bridgehead atoms. The SMILES string of the molecule is CS(=O)(=O)Nc1ccc(C2=NN(C(=O)c3ccco3)C(c3ccccc3O)C2)cc1. The number of hydrogen-bond acceptors (Lipinski definition) is 6. The minimum atomic E-state index is -3.38. The highest BCUT2D eigenvalue weighted by atomic mass is 32.2. The topological polar surface area (TPSA) is 112 Å². The first-order valence-corrected chi connectivity index (χ1v) is 11.0. The maximum atomic E-state index is 13.0. The van der Waals surface area contributed by atoms with E-state index in [9.17, 15) is 18.3 Å². The Morgan fingerprint density at radius 2 is 1.87 bits per heavy atom. The minimum absolute atomic E-state index is 0.0731. The molecule has 30 heavy (non-hydrogen) atoms. The van der Waals surface area contributed by atoms with Gasteiger partial charge in [-0.3, -0.25) is 9.52 Å². The fourth-order valence-corrected chi connectivity index (χ4v) is 3.91. The van der Waals surface area contributed by atoms with Crippen LogP contribution in [0.15, 0.2) is 76.4 Å². The number of hydrogen-bond donors (Lipinski definition) is 2. The first-order valence-electron chi connectivity index (χ1n) is 9.12. The van der Waals surface area contributed by atoms with Gasteiger partial charge in [-0.05, 0) is 35.9 Å². The Hall–Kier alpha value is -3.59. The number of amides is 1. The molecular formula is C21H19N3O5S. The molecule has 1 unspecified atom stereocenters. The van der Waals surface area contributed by atoms with Crippen LogP contribution in [-0.2, 0) is 10.0 Å². The van der Waals surface area contributed by atoms with Crippen LogP contribution in [0.4, 0.5) is 5.69 Å². The van der Waals surface area contributed by atoms with Crippen molar-refractivity contribution in [1.29, 1.82) is 0 Å². The van der Waals surface area contributed by atoms with Crippen LogP contribution >= 0.6 is 0 Å². The summed E-state index contributed by atoms with van der Waals surface area (Å²) in [5, 5.41) is 16.1. The zero-order chi connectivity index (χ0) is 21.3. The summed E-state index contributed by atoms with van der Waals surface area (Å²) < 4.78 is 30.4. The number of sulfonamides is 1. The Morgan fingerprint density at radius 3 is 2.50 bits per heavy atom. The predicted octanol–water partition coefficient (Wildman–Crippen LogP) is 3.35. The van der Waals surface area contributed by atoms with Crippen LogP contribution in [0.5, 0.6) is 5.75 Å². The molecule has 2 aromatic carbocycles. The zero-order valence-corrected chi connectivity index (χ0v) is 16.8.